The maximum Gasteiger partial charge on any atom is 0.264 e. The van der Waals surface area contributed by atoms with Gasteiger partial charge in [0.15, 0.2) is 0 Å². The number of para-hydroxylation sites is 1. The summed E-state index contributed by atoms with van der Waals surface area (Å²) in [7, 11) is -2.28. The predicted octanol–water partition coefficient (Wildman–Crippen LogP) is 2.89. The molecule has 1 heterocycles. The van der Waals surface area contributed by atoms with Crippen molar-refractivity contribution in [2.45, 2.75) is 17.7 Å². The van der Waals surface area contributed by atoms with Gasteiger partial charge in [0, 0.05) is 31.6 Å². The molecule has 0 N–H and O–H groups in total. The highest BCUT2D eigenvalue weighted by atomic mass is 32.2. The molecule has 0 atom stereocenters. The zero-order valence-corrected chi connectivity index (χ0v) is 15.9. The van der Waals surface area contributed by atoms with E-state index in [4.69, 9.17) is 5.26 Å². The van der Waals surface area contributed by atoms with E-state index < -0.39 is 10.0 Å². The second kappa shape index (κ2) is 7.80. The van der Waals surface area contributed by atoms with Gasteiger partial charge in [-0.1, -0.05) is 24.3 Å². The summed E-state index contributed by atoms with van der Waals surface area (Å²) in [5.74, 6) is -0.217. The van der Waals surface area contributed by atoms with E-state index in [0.29, 0.717) is 37.2 Å². The number of nitrogens with zero attached hydrogens (tertiary/aromatic N) is 3. The number of hydrogen-bond donors (Lipinski definition) is 0. The SMILES string of the molecule is CN(c1ccccc1)S(=O)(=O)c1cccc(C(=O)N2CCC(C#N)CC2)c1. The fourth-order valence-electron chi connectivity index (χ4n) is 3.12. The first-order valence-electron chi connectivity index (χ1n) is 8.76. The first-order chi connectivity index (χ1) is 12.9. The number of amides is 1. The van der Waals surface area contributed by atoms with Crippen molar-refractivity contribution in [1.29, 1.82) is 5.26 Å². The van der Waals surface area contributed by atoms with Gasteiger partial charge < -0.3 is 4.90 Å². The van der Waals surface area contributed by atoms with Gasteiger partial charge in [-0.05, 0) is 43.2 Å². The number of likely N-dealkylation sites (tertiary alicyclic amines) is 1. The summed E-state index contributed by atoms with van der Waals surface area (Å²) in [4.78, 5) is 14.5. The zero-order valence-electron chi connectivity index (χ0n) is 15.1. The molecule has 6 nitrogen and oxygen atoms in total. The maximum absolute atomic E-state index is 12.9. The lowest BCUT2D eigenvalue weighted by atomic mass is 9.98. The van der Waals surface area contributed by atoms with Crippen LogP contribution in [0.3, 0.4) is 0 Å². The third kappa shape index (κ3) is 3.96. The molecule has 1 aliphatic rings. The van der Waals surface area contributed by atoms with Crippen molar-refractivity contribution >= 4 is 21.6 Å². The summed E-state index contributed by atoms with van der Waals surface area (Å²) >= 11 is 0. The molecule has 0 bridgehead atoms. The van der Waals surface area contributed by atoms with Gasteiger partial charge in [0.1, 0.15) is 0 Å². The number of benzene rings is 2. The van der Waals surface area contributed by atoms with Crippen molar-refractivity contribution < 1.29 is 13.2 Å². The second-order valence-corrected chi connectivity index (χ2v) is 8.50. The minimum Gasteiger partial charge on any atom is -0.339 e. The number of hydrogen-bond acceptors (Lipinski definition) is 4. The molecule has 27 heavy (non-hydrogen) atoms. The molecule has 2 aromatic rings. The molecule has 1 saturated heterocycles. The molecule has 0 aliphatic carbocycles. The highest BCUT2D eigenvalue weighted by molar-refractivity contribution is 7.92. The maximum atomic E-state index is 12.9. The van der Waals surface area contributed by atoms with E-state index in [-0.39, 0.29) is 16.7 Å². The number of piperidine rings is 1. The Labute approximate surface area is 159 Å². The topological polar surface area (TPSA) is 81.5 Å². The summed E-state index contributed by atoms with van der Waals surface area (Å²) in [5, 5.41) is 8.98. The number of rotatable bonds is 4. The number of carbonyl (C=O) groups is 1. The summed E-state index contributed by atoms with van der Waals surface area (Å²) in [6.07, 6.45) is 1.30. The van der Waals surface area contributed by atoms with E-state index in [1.54, 1.807) is 41.3 Å². The molecule has 0 radical (unpaired) electrons. The molecule has 1 fully saturated rings. The van der Waals surface area contributed by atoms with Crippen LogP contribution in [0.4, 0.5) is 5.69 Å². The molecule has 0 unspecified atom stereocenters. The molecular formula is C20H21N3O3S. The molecule has 2 aromatic carbocycles. The lowest BCUT2D eigenvalue weighted by molar-refractivity contribution is 0.0707. The Hall–Kier alpha value is -2.85. The Morgan fingerprint density at radius 1 is 1.11 bits per heavy atom. The van der Waals surface area contributed by atoms with Gasteiger partial charge in [0.25, 0.3) is 15.9 Å². The van der Waals surface area contributed by atoms with Crippen LogP contribution in [-0.2, 0) is 10.0 Å². The third-order valence-electron chi connectivity index (χ3n) is 4.82. The fourth-order valence-corrected chi connectivity index (χ4v) is 4.36. The summed E-state index contributed by atoms with van der Waals surface area (Å²) in [6.45, 7) is 1.02. The van der Waals surface area contributed by atoms with Crippen LogP contribution < -0.4 is 4.31 Å². The first kappa shape index (κ1) is 18.9. The lowest BCUT2D eigenvalue weighted by Gasteiger charge is -2.29. The smallest absolute Gasteiger partial charge is 0.264 e. The molecular weight excluding hydrogens is 362 g/mol. The Balaban J connectivity index is 1.83. The normalized spacial score (nSPS) is 15.2. The van der Waals surface area contributed by atoms with Gasteiger partial charge in [-0.3, -0.25) is 9.10 Å². The molecule has 140 valence electrons. The molecule has 1 amide bonds. The molecule has 1 aliphatic heterocycles. The highest BCUT2D eigenvalue weighted by Crippen LogP contribution is 2.24. The average molecular weight is 383 g/mol. The van der Waals surface area contributed by atoms with Gasteiger partial charge >= 0.3 is 0 Å². The monoisotopic (exact) mass is 383 g/mol. The Kier molecular flexibility index (Phi) is 5.47. The molecule has 3 rings (SSSR count). The zero-order chi connectivity index (χ0) is 19.4. The number of carbonyl (C=O) groups excluding carboxylic acids is 1. The quantitative estimate of drug-likeness (QED) is 0.813. The van der Waals surface area contributed by atoms with Gasteiger partial charge in [0.05, 0.1) is 16.7 Å². The second-order valence-electron chi connectivity index (χ2n) is 6.53. The largest absolute Gasteiger partial charge is 0.339 e. The van der Waals surface area contributed by atoms with Crippen LogP contribution in [0.15, 0.2) is 59.5 Å². The third-order valence-corrected chi connectivity index (χ3v) is 6.61. The van der Waals surface area contributed by atoms with Crippen LogP contribution in [-0.4, -0.2) is 39.4 Å². The van der Waals surface area contributed by atoms with Crippen molar-refractivity contribution in [3.63, 3.8) is 0 Å². The van der Waals surface area contributed by atoms with E-state index in [1.165, 1.54) is 23.5 Å². The first-order valence-corrected chi connectivity index (χ1v) is 10.2. The van der Waals surface area contributed by atoms with Crippen molar-refractivity contribution in [1.82, 2.24) is 4.90 Å². The van der Waals surface area contributed by atoms with Gasteiger partial charge in [0.2, 0.25) is 0 Å². The van der Waals surface area contributed by atoms with Crippen LogP contribution in [0.1, 0.15) is 23.2 Å². The van der Waals surface area contributed by atoms with Crippen LogP contribution in [0.2, 0.25) is 0 Å². The fraction of sp³-hybridized carbons (Fsp3) is 0.300. The highest BCUT2D eigenvalue weighted by Gasteiger charge is 2.26. The summed E-state index contributed by atoms with van der Waals surface area (Å²) < 4.78 is 27.1. The lowest BCUT2D eigenvalue weighted by Crippen LogP contribution is -2.38. The standard InChI is InChI=1S/C20H21N3O3S/c1-22(18-7-3-2-4-8-18)27(25,26)19-9-5-6-17(14-19)20(24)23-12-10-16(15-21)11-13-23/h2-9,14,16H,10-13H2,1H3. The predicted molar refractivity (Wildman–Crippen MR) is 103 cm³/mol. The van der Waals surface area contributed by atoms with Crippen molar-refractivity contribution in [3.8, 4) is 6.07 Å². The van der Waals surface area contributed by atoms with Crippen LogP contribution in [0.25, 0.3) is 0 Å². The van der Waals surface area contributed by atoms with E-state index in [0.717, 1.165) is 0 Å². The minimum atomic E-state index is -3.77. The summed E-state index contributed by atoms with van der Waals surface area (Å²) in [5.41, 5.74) is 0.890. The summed E-state index contributed by atoms with van der Waals surface area (Å²) in [6, 6.07) is 17.2. The van der Waals surface area contributed by atoms with E-state index >= 15 is 0 Å². The van der Waals surface area contributed by atoms with Crippen LogP contribution in [0, 0.1) is 17.2 Å². The van der Waals surface area contributed by atoms with Crippen molar-refractivity contribution in [3.05, 3.63) is 60.2 Å². The number of anilines is 1. The molecule has 7 heteroatoms. The van der Waals surface area contributed by atoms with Gasteiger partial charge in [-0.2, -0.15) is 5.26 Å². The minimum absolute atomic E-state index is 0.0136. The van der Waals surface area contributed by atoms with Gasteiger partial charge in [-0.15, -0.1) is 0 Å². The average Bonchev–Trinajstić information content (AvgIpc) is 2.73. The Bertz CT molecular complexity index is 959. The van der Waals surface area contributed by atoms with E-state index in [1.807, 2.05) is 6.07 Å². The number of sulfonamides is 1. The number of nitriles is 1. The van der Waals surface area contributed by atoms with Gasteiger partial charge in [-0.25, -0.2) is 8.42 Å². The van der Waals surface area contributed by atoms with Crippen LogP contribution >= 0.6 is 0 Å². The van der Waals surface area contributed by atoms with Crippen molar-refractivity contribution in [2.24, 2.45) is 5.92 Å². The molecule has 0 spiro atoms. The van der Waals surface area contributed by atoms with E-state index in [2.05, 4.69) is 6.07 Å². The molecule has 0 saturated carbocycles. The Morgan fingerprint density at radius 2 is 1.78 bits per heavy atom. The van der Waals surface area contributed by atoms with E-state index in [9.17, 15) is 13.2 Å². The Morgan fingerprint density at radius 3 is 2.41 bits per heavy atom. The van der Waals surface area contributed by atoms with Crippen molar-refractivity contribution in [2.75, 3.05) is 24.4 Å². The molecule has 0 aromatic heterocycles. The van der Waals surface area contributed by atoms with Crippen LogP contribution in [0.5, 0.6) is 0 Å².